The first-order valence-corrected chi connectivity index (χ1v) is 7.75. The lowest BCUT2D eigenvalue weighted by Crippen LogP contribution is -2.47. The molecule has 0 bridgehead atoms. The Balaban J connectivity index is 1.52. The third-order valence-corrected chi connectivity index (χ3v) is 3.67. The van der Waals surface area contributed by atoms with Gasteiger partial charge < -0.3 is 9.47 Å². The van der Waals surface area contributed by atoms with Crippen molar-refractivity contribution in [3.63, 3.8) is 0 Å². The number of hydrogen-bond donors (Lipinski definition) is 2. The van der Waals surface area contributed by atoms with Gasteiger partial charge >= 0.3 is 0 Å². The fourth-order valence-electron chi connectivity index (χ4n) is 2.47. The molecule has 1 aliphatic heterocycles. The molecule has 0 saturated heterocycles. The monoisotopic (exact) mass is 326 g/mol. The normalized spacial score (nSPS) is 15.1. The van der Waals surface area contributed by atoms with Crippen molar-refractivity contribution in [2.45, 2.75) is 19.4 Å². The Morgan fingerprint density at radius 1 is 1.12 bits per heavy atom. The smallest absolute Gasteiger partial charge is 0.279 e. The van der Waals surface area contributed by atoms with Gasteiger partial charge in [0.25, 0.3) is 11.8 Å². The van der Waals surface area contributed by atoms with Crippen molar-refractivity contribution >= 4 is 11.8 Å². The zero-order valence-corrected chi connectivity index (χ0v) is 13.2. The summed E-state index contributed by atoms with van der Waals surface area (Å²) in [4.78, 5) is 24.2. The Morgan fingerprint density at radius 2 is 1.88 bits per heavy atom. The SMILES string of the molecule is CCOc1ccc(C(=O)NNC(=O)C2Cc3ccccc3O2)cc1. The van der Waals surface area contributed by atoms with E-state index in [1.54, 1.807) is 24.3 Å². The highest BCUT2D eigenvalue weighted by molar-refractivity contribution is 5.96. The van der Waals surface area contributed by atoms with Gasteiger partial charge in [-0.3, -0.25) is 20.4 Å². The zero-order valence-electron chi connectivity index (χ0n) is 13.2. The first-order chi connectivity index (χ1) is 11.7. The molecule has 1 unspecified atom stereocenters. The summed E-state index contributed by atoms with van der Waals surface area (Å²) >= 11 is 0. The summed E-state index contributed by atoms with van der Waals surface area (Å²) in [7, 11) is 0. The lowest BCUT2D eigenvalue weighted by atomic mass is 10.1. The highest BCUT2D eigenvalue weighted by Gasteiger charge is 2.28. The minimum absolute atomic E-state index is 0.384. The van der Waals surface area contributed by atoms with Crippen molar-refractivity contribution in [1.29, 1.82) is 0 Å². The van der Waals surface area contributed by atoms with Crippen molar-refractivity contribution in [3.8, 4) is 11.5 Å². The lowest BCUT2D eigenvalue weighted by Gasteiger charge is -2.12. The average Bonchev–Trinajstić information content (AvgIpc) is 3.04. The molecular weight excluding hydrogens is 308 g/mol. The molecule has 1 heterocycles. The van der Waals surface area contributed by atoms with E-state index in [4.69, 9.17) is 9.47 Å². The Labute approximate surface area is 139 Å². The van der Waals surface area contributed by atoms with Gasteiger partial charge in [0.15, 0.2) is 6.10 Å². The standard InChI is InChI=1S/C18H18N2O4/c1-2-23-14-9-7-12(8-10-14)17(21)19-20-18(22)16-11-13-5-3-4-6-15(13)24-16/h3-10,16H,2,11H2,1H3,(H,19,21)(H,20,22). The number of carbonyl (C=O) groups is 2. The molecule has 0 aromatic heterocycles. The number of benzene rings is 2. The fraction of sp³-hybridized carbons (Fsp3) is 0.222. The number of nitrogens with one attached hydrogen (secondary N) is 2. The second-order valence-electron chi connectivity index (χ2n) is 5.32. The highest BCUT2D eigenvalue weighted by atomic mass is 16.5. The van der Waals surface area contributed by atoms with Crippen LogP contribution < -0.4 is 20.3 Å². The topological polar surface area (TPSA) is 76.7 Å². The summed E-state index contributed by atoms with van der Waals surface area (Å²) < 4.78 is 10.9. The number of carbonyl (C=O) groups excluding carboxylic acids is 2. The number of para-hydroxylation sites is 1. The number of rotatable bonds is 4. The van der Waals surface area contributed by atoms with Crippen LogP contribution in [0.25, 0.3) is 0 Å². The minimum Gasteiger partial charge on any atom is -0.494 e. The molecule has 24 heavy (non-hydrogen) atoms. The summed E-state index contributed by atoms with van der Waals surface area (Å²) in [5.74, 6) is 0.609. The lowest BCUT2D eigenvalue weighted by molar-refractivity contribution is -0.128. The van der Waals surface area contributed by atoms with E-state index < -0.39 is 12.0 Å². The third kappa shape index (κ3) is 3.48. The van der Waals surface area contributed by atoms with Crippen LogP contribution in [-0.4, -0.2) is 24.5 Å². The van der Waals surface area contributed by atoms with E-state index in [0.717, 1.165) is 5.56 Å². The van der Waals surface area contributed by atoms with E-state index in [1.165, 1.54) is 0 Å². The number of hydrazine groups is 1. The average molecular weight is 326 g/mol. The van der Waals surface area contributed by atoms with Crippen LogP contribution in [0.3, 0.4) is 0 Å². The largest absolute Gasteiger partial charge is 0.494 e. The van der Waals surface area contributed by atoms with Crippen LogP contribution in [0.1, 0.15) is 22.8 Å². The molecule has 2 N–H and O–H groups in total. The van der Waals surface area contributed by atoms with Crippen LogP contribution in [0, 0.1) is 0 Å². The molecule has 0 radical (unpaired) electrons. The van der Waals surface area contributed by atoms with E-state index in [0.29, 0.717) is 30.1 Å². The van der Waals surface area contributed by atoms with Crippen molar-refractivity contribution in [2.75, 3.05) is 6.61 Å². The van der Waals surface area contributed by atoms with Gasteiger partial charge in [-0.15, -0.1) is 0 Å². The zero-order chi connectivity index (χ0) is 16.9. The van der Waals surface area contributed by atoms with Gasteiger partial charge in [0.2, 0.25) is 0 Å². The molecule has 3 rings (SSSR count). The Hall–Kier alpha value is -3.02. The molecule has 1 atom stereocenters. The van der Waals surface area contributed by atoms with Crippen LogP contribution in [0.2, 0.25) is 0 Å². The van der Waals surface area contributed by atoms with Gasteiger partial charge in [0.05, 0.1) is 6.61 Å². The molecule has 124 valence electrons. The third-order valence-electron chi connectivity index (χ3n) is 3.67. The maximum absolute atomic E-state index is 12.1. The van der Waals surface area contributed by atoms with Crippen molar-refractivity contribution in [2.24, 2.45) is 0 Å². The molecular formula is C18H18N2O4. The Kier molecular flexibility index (Phi) is 4.65. The Morgan fingerprint density at radius 3 is 2.58 bits per heavy atom. The summed E-state index contributed by atoms with van der Waals surface area (Å²) in [6, 6.07) is 14.2. The summed E-state index contributed by atoms with van der Waals surface area (Å²) in [5, 5.41) is 0. The van der Waals surface area contributed by atoms with Crippen LogP contribution in [0.5, 0.6) is 11.5 Å². The highest BCUT2D eigenvalue weighted by Crippen LogP contribution is 2.27. The first kappa shape index (κ1) is 15.9. The van der Waals surface area contributed by atoms with Gasteiger partial charge in [-0.1, -0.05) is 18.2 Å². The van der Waals surface area contributed by atoms with Crippen molar-refractivity contribution in [3.05, 3.63) is 59.7 Å². The van der Waals surface area contributed by atoms with Crippen molar-refractivity contribution < 1.29 is 19.1 Å². The van der Waals surface area contributed by atoms with Crippen LogP contribution in [-0.2, 0) is 11.2 Å². The molecule has 2 aromatic rings. The van der Waals surface area contributed by atoms with E-state index >= 15 is 0 Å². The summed E-state index contributed by atoms with van der Waals surface area (Å²) in [6.45, 7) is 2.45. The molecule has 0 aliphatic carbocycles. The van der Waals surface area contributed by atoms with Gasteiger partial charge in [0, 0.05) is 12.0 Å². The molecule has 0 saturated carbocycles. The van der Waals surface area contributed by atoms with Crippen LogP contribution >= 0.6 is 0 Å². The van der Waals surface area contributed by atoms with Gasteiger partial charge in [-0.25, -0.2) is 0 Å². The van der Waals surface area contributed by atoms with E-state index in [1.807, 2.05) is 31.2 Å². The molecule has 1 aliphatic rings. The minimum atomic E-state index is -0.636. The maximum Gasteiger partial charge on any atom is 0.279 e. The number of amides is 2. The van der Waals surface area contributed by atoms with Gasteiger partial charge in [-0.05, 0) is 42.8 Å². The van der Waals surface area contributed by atoms with Crippen LogP contribution in [0.15, 0.2) is 48.5 Å². The number of hydrogen-bond acceptors (Lipinski definition) is 4. The fourth-order valence-corrected chi connectivity index (χ4v) is 2.47. The second kappa shape index (κ2) is 7.04. The predicted molar refractivity (Wildman–Crippen MR) is 87.8 cm³/mol. The van der Waals surface area contributed by atoms with E-state index in [9.17, 15) is 9.59 Å². The van der Waals surface area contributed by atoms with E-state index in [2.05, 4.69) is 10.9 Å². The van der Waals surface area contributed by atoms with Crippen molar-refractivity contribution in [1.82, 2.24) is 10.9 Å². The molecule has 0 spiro atoms. The summed E-state index contributed by atoms with van der Waals surface area (Å²) in [6.07, 6.45) is -0.149. The van der Waals surface area contributed by atoms with Crippen LogP contribution in [0.4, 0.5) is 0 Å². The van der Waals surface area contributed by atoms with Gasteiger partial charge in [-0.2, -0.15) is 0 Å². The number of fused-ring (bicyclic) bond motifs is 1. The first-order valence-electron chi connectivity index (χ1n) is 7.75. The second-order valence-corrected chi connectivity index (χ2v) is 5.32. The summed E-state index contributed by atoms with van der Waals surface area (Å²) in [5.41, 5.74) is 6.20. The Bertz CT molecular complexity index is 718. The maximum atomic E-state index is 12.1. The number of ether oxygens (including phenoxy) is 2. The molecule has 2 amide bonds. The quantitative estimate of drug-likeness (QED) is 0.841. The molecule has 0 fully saturated rings. The van der Waals surface area contributed by atoms with E-state index in [-0.39, 0.29) is 5.91 Å². The molecule has 6 heteroatoms. The van der Waals surface area contributed by atoms with Gasteiger partial charge in [0.1, 0.15) is 11.5 Å². The molecule has 6 nitrogen and oxygen atoms in total. The predicted octanol–water partition coefficient (Wildman–Crippen LogP) is 1.85. The molecule has 2 aromatic carbocycles.